The lowest BCUT2D eigenvalue weighted by Crippen LogP contribution is -2.39. The molecule has 2 fully saturated rings. The predicted molar refractivity (Wildman–Crippen MR) is 64.6 cm³/mol. The van der Waals surface area contributed by atoms with Gasteiger partial charge < -0.3 is 20.3 Å². The summed E-state index contributed by atoms with van der Waals surface area (Å²) in [4.78, 5) is 2.74. The lowest BCUT2D eigenvalue weighted by Gasteiger charge is -2.33. The molecule has 0 aromatic rings. The summed E-state index contributed by atoms with van der Waals surface area (Å²) in [6.45, 7) is 3.97. The maximum atomic E-state index is 9.73. The van der Waals surface area contributed by atoms with E-state index in [2.05, 4.69) is 10.0 Å². The van der Waals surface area contributed by atoms with Crippen molar-refractivity contribution >= 4 is 0 Å². The van der Waals surface area contributed by atoms with Gasteiger partial charge in [-0.3, -0.25) is 0 Å². The number of azide groups is 1. The molecule has 4 atom stereocenters. The SMILES string of the molecule is CC1(C)O[C@H]2[C@H](N)C[C@@](CO)(CCN=[N+]=[N-])[C@H]2O1. The Labute approximate surface area is 106 Å². The molecular weight excluding hydrogens is 236 g/mol. The van der Waals surface area contributed by atoms with Gasteiger partial charge in [0.2, 0.25) is 0 Å². The van der Waals surface area contributed by atoms with Crippen LogP contribution in [-0.2, 0) is 9.47 Å². The first-order valence-electron chi connectivity index (χ1n) is 6.17. The number of hydrogen-bond acceptors (Lipinski definition) is 5. The molecule has 2 rings (SSSR count). The number of nitrogens with zero attached hydrogens (tertiary/aromatic N) is 3. The fourth-order valence-electron chi connectivity index (χ4n) is 3.07. The van der Waals surface area contributed by atoms with Gasteiger partial charge in [-0.25, -0.2) is 0 Å². The largest absolute Gasteiger partial charge is 0.396 e. The van der Waals surface area contributed by atoms with E-state index in [4.69, 9.17) is 20.7 Å². The molecule has 0 aromatic heterocycles. The second-order valence-corrected chi connectivity index (χ2v) is 5.61. The van der Waals surface area contributed by atoms with Gasteiger partial charge in [0.1, 0.15) is 6.10 Å². The van der Waals surface area contributed by atoms with E-state index in [1.807, 2.05) is 13.8 Å². The van der Waals surface area contributed by atoms with Gasteiger partial charge in [-0.2, -0.15) is 0 Å². The van der Waals surface area contributed by atoms with Crippen molar-refractivity contribution in [3.63, 3.8) is 0 Å². The van der Waals surface area contributed by atoms with Gasteiger partial charge in [-0.1, -0.05) is 5.11 Å². The molecule has 7 nitrogen and oxygen atoms in total. The summed E-state index contributed by atoms with van der Waals surface area (Å²) in [6.07, 6.45) is 0.747. The minimum atomic E-state index is -0.674. The Morgan fingerprint density at radius 3 is 2.83 bits per heavy atom. The normalized spacial score (nSPS) is 41.4. The van der Waals surface area contributed by atoms with E-state index in [-0.39, 0.29) is 24.9 Å². The van der Waals surface area contributed by atoms with Crippen LogP contribution in [0.15, 0.2) is 5.11 Å². The van der Waals surface area contributed by atoms with E-state index in [1.165, 1.54) is 0 Å². The molecule has 1 heterocycles. The van der Waals surface area contributed by atoms with E-state index in [0.717, 1.165) is 0 Å². The number of fused-ring (bicyclic) bond motifs is 1. The molecule has 0 bridgehead atoms. The first-order valence-corrected chi connectivity index (χ1v) is 6.17. The number of aliphatic hydroxyl groups is 1. The van der Waals surface area contributed by atoms with Crippen LogP contribution in [0.1, 0.15) is 26.7 Å². The van der Waals surface area contributed by atoms with Crippen molar-refractivity contribution in [2.45, 2.75) is 50.7 Å². The molecule has 18 heavy (non-hydrogen) atoms. The van der Waals surface area contributed by atoms with Crippen molar-refractivity contribution in [1.82, 2.24) is 0 Å². The number of hydrogen-bond donors (Lipinski definition) is 2. The maximum Gasteiger partial charge on any atom is 0.163 e. The minimum absolute atomic E-state index is 0.0394. The number of ether oxygens (including phenoxy) is 2. The highest BCUT2D eigenvalue weighted by Gasteiger charge is 2.59. The highest BCUT2D eigenvalue weighted by atomic mass is 16.8. The first-order chi connectivity index (χ1) is 8.44. The van der Waals surface area contributed by atoms with Crippen LogP contribution in [0.4, 0.5) is 0 Å². The van der Waals surface area contributed by atoms with Crippen LogP contribution >= 0.6 is 0 Å². The van der Waals surface area contributed by atoms with Crippen LogP contribution in [0.25, 0.3) is 10.4 Å². The molecule has 3 N–H and O–H groups in total. The fourth-order valence-corrected chi connectivity index (χ4v) is 3.07. The Morgan fingerprint density at radius 2 is 2.22 bits per heavy atom. The van der Waals surface area contributed by atoms with Crippen molar-refractivity contribution in [2.75, 3.05) is 13.2 Å². The lowest BCUT2D eigenvalue weighted by atomic mass is 9.81. The second kappa shape index (κ2) is 4.68. The van der Waals surface area contributed by atoms with Crippen LogP contribution < -0.4 is 5.73 Å². The van der Waals surface area contributed by atoms with Gasteiger partial charge >= 0.3 is 0 Å². The summed E-state index contributed by atoms with van der Waals surface area (Å²) >= 11 is 0. The monoisotopic (exact) mass is 256 g/mol. The summed E-state index contributed by atoms with van der Waals surface area (Å²) in [7, 11) is 0. The molecule has 0 amide bonds. The molecule has 0 aromatic carbocycles. The molecule has 0 radical (unpaired) electrons. The zero-order valence-corrected chi connectivity index (χ0v) is 10.7. The fraction of sp³-hybridized carbons (Fsp3) is 1.00. The van der Waals surface area contributed by atoms with Crippen molar-refractivity contribution < 1.29 is 14.6 Å². The van der Waals surface area contributed by atoms with Crippen molar-refractivity contribution in [3.8, 4) is 0 Å². The Kier molecular flexibility index (Phi) is 3.53. The molecular formula is C11H20N4O3. The topological polar surface area (TPSA) is 113 Å². The van der Waals surface area contributed by atoms with E-state index in [9.17, 15) is 5.11 Å². The zero-order valence-electron chi connectivity index (χ0n) is 10.7. The van der Waals surface area contributed by atoms with E-state index < -0.39 is 11.2 Å². The van der Waals surface area contributed by atoms with Crippen molar-refractivity contribution in [3.05, 3.63) is 10.4 Å². The molecule has 0 unspecified atom stereocenters. The third-order valence-corrected chi connectivity index (χ3v) is 3.88. The molecule has 102 valence electrons. The second-order valence-electron chi connectivity index (χ2n) is 5.61. The quantitative estimate of drug-likeness (QED) is 0.442. The Balaban J connectivity index is 2.18. The smallest absolute Gasteiger partial charge is 0.163 e. The van der Waals surface area contributed by atoms with Gasteiger partial charge in [-0.15, -0.1) is 0 Å². The maximum absolute atomic E-state index is 9.73. The molecule has 1 aliphatic heterocycles. The predicted octanol–water partition coefficient (Wildman–Crippen LogP) is 0.917. The third-order valence-electron chi connectivity index (χ3n) is 3.88. The lowest BCUT2D eigenvalue weighted by molar-refractivity contribution is -0.170. The molecule has 1 saturated heterocycles. The summed E-state index contributed by atoms with van der Waals surface area (Å²) in [5, 5.41) is 13.3. The van der Waals surface area contributed by atoms with Gasteiger partial charge in [0, 0.05) is 22.9 Å². The standard InChI is InChI=1S/C11H20N4O3/c1-10(2)17-8-7(12)5-11(6-16,9(8)18-10)3-4-14-15-13/h7-9,16H,3-6,12H2,1-2H3/t7-,8+,9+,11-/m1/s1. The first kappa shape index (κ1) is 13.6. The Hall–Kier alpha value is -0.850. The molecule has 2 aliphatic rings. The summed E-state index contributed by atoms with van der Waals surface area (Å²) < 4.78 is 11.7. The van der Waals surface area contributed by atoms with Gasteiger partial charge in [-0.05, 0) is 32.2 Å². The van der Waals surface area contributed by atoms with E-state index >= 15 is 0 Å². The molecule has 7 heteroatoms. The number of rotatable bonds is 4. The van der Waals surface area contributed by atoms with Crippen LogP contribution in [-0.4, -0.2) is 42.3 Å². The molecule has 1 saturated carbocycles. The van der Waals surface area contributed by atoms with Crippen LogP contribution in [0.5, 0.6) is 0 Å². The average molecular weight is 256 g/mol. The van der Waals surface area contributed by atoms with Crippen LogP contribution in [0.2, 0.25) is 0 Å². The van der Waals surface area contributed by atoms with Crippen LogP contribution in [0.3, 0.4) is 0 Å². The third kappa shape index (κ3) is 2.20. The van der Waals surface area contributed by atoms with Crippen molar-refractivity contribution in [2.24, 2.45) is 16.3 Å². The molecule has 0 spiro atoms. The Bertz CT molecular complexity index is 369. The highest BCUT2D eigenvalue weighted by Crippen LogP contribution is 2.49. The van der Waals surface area contributed by atoms with E-state index in [1.54, 1.807) is 0 Å². The summed E-state index contributed by atoms with van der Waals surface area (Å²) in [5.74, 6) is -0.674. The number of nitrogens with two attached hydrogens (primary N) is 1. The number of aliphatic hydroxyl groups excluding tert-OH is 1. The Morgan fingerprint density at radius 1 is 1.50 bits per heavy atom. The average Bonchev–Trinajstić information content (AvgIpc) is 2.75. The van der Waals surface area contributed by atoms with Crippen molar-refractivity contribution in [1.29, 1.82) is 0 Å². The minimum Gasteiger partial charge on any atom is -0.396 e. The summed E-state index contributed by atoms with van der Waals surface area (Å²) in [6, 6.07) is -0.157. The summed E-state index contributed by atoms with van der Waals surface area (Å²) in [5.41, 5.74) is 13.9. The van der Waals surface area contributed by atoms with Crippen LogP contribution in [0, 0.1) is 5.41 Å². The molecule has 1 aliphatic carbocycles. The van der Waals surface area contributed by atoms with Gasteiger partial charge in [0.05, 0.1) is 12.7 Å². The van der Waals surface area contributed by atoms with Gasteiger partial charge in [0.25, 0.3) is 0 Å². The zero-order chi connectivity index (χ0) is 13.4. The highest BCUT2D eigenvalue weighted by molar-refractivity contribution is 5.08. The van der Waals surface area contributed by atoms with E-state index in [0.29, 0.717) is 19.4 Å². The van der Waals surface area contributed by atoms with Gasteiger partial charge in [0.15, 0.2) is 5.79 Å².